The maximum absolute atomic E-state index is 12.0. The molecule has 0 bridgehead atoms. The van der Waals surface area contributed by atoms with Crippen LogP contribution < -0.4 is 5.32 Å². The summed E-state index contributed by atoms with van der Waals surface area (Å²) < 4.78 is 5.10. The van der Waals surface area contributed by atoms with Crippen molar-refractivity contribution in [2.24, 2.45) is 0 Å². The minimum Gasteiger partial charge on any atom is -0.481 e. The number of unbranched alkanes of at least 4 members (excludes halogenated alkanes) is 2. The zero-order valence-electron chi connectivity index (χ0n) is 13.3. The van der Waals surface area contributed by atoms with Crippen molar-refractivity contribution in [2.75, 3.05) is 0 Å². The van der Waals surface area contributed by atoms with E-state index < -0.39 is 24.4 Å². The first kappa shape index (κ1) is 18.7. The molecule has 1 rings (SSSR count). The third-order valence-corrected chi connectivity index (χ3v) is 3.23. The maximum atomic E-state index is 12.0. The number of carbonyl (C=O) groups is 3. The second-order valence-corrected chi connectivity index (χ2v) is 5.27. The Morgan fingerprint density at radius 1 is 1.17 bits per heavy atom. The Kier molecular flexibility index (Phi) is 8.42. The van der Waals surface area contributed by atoms with E-state index in [1.165, 1.54) is 0 Å². The van der Waals surface area contributed by atoms with Crippen molar-refractivity contribution < 1.29 is 24.2 Å². The van der Waals surface area contributed by atoms with Crippen LogP contribution in [-0.4, -0.2) is 29.0 Å². The first-order valence-corrected chi connectivity index (χ1v) is 7.74. The Bertz CT molecular complexity index is 515. The summed E-state index contributed by atoms with van der Waals surface area (Å²) in [7, 11) is 0. The highest BCUT2D eigenvalue weighted by molar-refractivity contribution is 5.87. The SMILES string of the molecule is CCCCCC(=O)NC(CC(=O)O)C(=O)OCc1ccccc1. The van der Waals surface area contributed by atoms with Gasteiger partial charge in [0.15, 0.2) is 0 Å². The van der Waals surface area contributed by atoms with Crippen LogP contribution in [0.1, 0.15) is 44.6 Å². The molecule has 0 spiro atoms. The molecule has 0 aliphatic rings. The Morgan fingerprint density at radius 3 is 2.48 bits per heavy atom. The van der Waals surface area contributed by atoms with Gasteiger partial charge in [-0.25, -0.2) is 4.79 Å². The number of esters is 1. The van der Waals surface area contributed by atoms with E-state index in [-0.39, 0.29) is 18.9 Å². The lowest BCUT2D eigenvalue weighted by molar-refractivity contribution is -0.152. The van der Waals surface area contributed by atoms with Crippen molar-refractivity contribution in [3.8, 4) is 0 Å². The standard InChI is InChI=1S/C17H23NO5/c1-2-3-5-10-15(19)18-14(11-16(20)21)17(22)23-12-13-8-6-4-7-9-13/h4,6-9,14H,2-3,5,10-12H2,1H3,(H,18,19)(H,20,21). The Hall–Kier alpha value is -2.37. The van der Waals surface area contributed by atoms with Crippen LogP contribution in [-0.2, 0) is 25.7 Å². The summed E-state index contributed by atoms with van der Waals surface area (Å²) in [5.41, 5.74) is 0.796. The van der Waals surface area contributed by atoms with Gasteiger partial charge in [0.05, 0.1) is 6.42 Å². The van der Waals surface area contributed by atoms with E-state index in [9.17, 15) is 14.4 Å². The fourth-order valence-corrected chi connectivity index (χ4v) is 2.00. The van der Waals surface area contributed by atoms with Crippen molar-refractivity contribution >= 4 is 17.8 Å². The molecule has 0 fully saturated rings. The molecule has 0 aliphatic heterocycles. The van der Waals surface area contributed by atoms with E-state index in [0.717, 1.165) is 18.4 Å². The molecule has 1 atom stereocenters. The van der Waals surface area contributed by atoms with Crippen molar-refractivity contribution in [1.29, 1.82) is 0 Å². The zero-order chi connectivity index (χ0) is 17.1. The summed E-state index contributed by atoms with van der Waals surface area (Å²) in [5.74, 6) is -2.23. The van der Waals surface area contributed by atoms with E-state index in [1.54, 1.807) is 12.1 Å². The molecule has 2 N–H and O–H groups in total. The van der Waals surface area contributed by atoms with Crippen LogP contribution >= 0.6 is 0 Å². The van der Waals surface area contributed by atoms with Gasteiger partial charge in [-0.1, -0.05) is 50.1 Å². The molecule has 0 saturated heterocycles. The highest BCUT2D eigenvalue weighted by Crippen LogP contribution is 2.05. The van der Waals surface area contributed by atoms with E-state index in [4.69, 9.17) is 9.84 Å². The van der Waals surface area contributed by atoms with Crippen molar-refractivity contribution in [1.82, 2.24) is 5.32 Å². The topological polar surface area (TPSA) is 92.7 Å². The number of hydrogen-bond donors (Lipinski definition) is 2. The number of ether oxygens (including phenoxy) is 1. The minimum absolute atomic E-state index is 0.0432. The van der Waals surface area contributed by atoms with Gasteiger partial charge >= 0.3 is 11.9 Å². The van der Waals surface area contributed by atoms with Gasteiger partial charge in [-0.2, -0.15) is 0 Å². The number of carboxylic acid groups (broad SMARTS) is 1. The quantitative estimate of drug-likeness (QED) is 0.509. The smallest absolute Gasteiger partial charge is 0.329 e. The number of carboxylic acids is 1. The average molecular weight is 321 g/mol. The molecule has 0 aliphatic carbocycles. The third kappa shape index (κ3) is 7.99. The Labute approximate surface area is 135 Å². The second kappa shape index (κ2) is 10.4. The third-order valence-electron chi connectivity index (χ3n) is 3.23. The molecular weight excluding hydrogens is 298 g/mol. The van der Waals surface area contributed by atoms with Gasteiger partial charge < -0.3 is 15.2 Å². The lowest BCUT2D eigenvalue weighted by Gasteiger charge is -2.16. The first-order valence-electron chi connectivity index (χ1n) is 7.74. The molecule has 126 valence electrons. The van der Waals surface area contributed by atoms with Crippen LogP contribution in [0.4, 0.5) is 0 Å². The molecule has 1 amide bonds. The number of amides is 1. The highest BCUT2D eigenvalue weighted by Gasteiger charge is 2.25. The number of rotatable bonds is 10. The molecule has 23 heavy (non-hydrogen) atoms. The Morgan fingerprint density at radius 2 is 1.87 bits per heavy atom. The molecule has 6 nitrogen and oxygen atoms in total. The summed E-state index contributed by atoms with van der Waals surface area (Å²) in [5, 5.41) is 11.3. The van der Waals surface area contributed by atoms with E-state index in [1.807, 2.05) is 25.1 Å². The molecule has 1 aromatic rings. The molecule has 0 heterocycles. The van der Waals surface area contributed by atoms with Gasteiger partial charge in [0.2, 0.25) is 5.91 Å². The number of hydrogen-bond acceptors (Lipinski definition) is 4. The van der Waals surface area contributed by atoms with Gasteiger partial charge in [-0.15, -0.1) is 0 Å². The van der Waals surface area contributed by atoms with Crippen molar-refractivity contribution in [3.05, 3.63) is 35.9 Å². The fraction of sp³-hybridized carbons (Fsp3) is 0.471. The molecule has 0 saturated carbocycles. The lowest BCUT2D eigenvalue weighted by Crippen LogP contribution is -2.43. The predicted molar refractivity (Wildman–Crippen MR) is 84.6 cm³/mol. The zero-order valence-corrected chi connectivity index (χ0v) is 13.3. The van der Waals surface area contributed by atoms with Gasteiger partial charge in [0, 0.05) is 6.42 Å². The number of aliphatic carboxylic acids is 1. The number of nitrogens with one attached hydrogen (secondary N) is 1. The number of carbonyl (C=O) groups excluding carboxylic acids is 2. The second-order valence-electron chi connectivity index (χ2n) is 5.27. The van der Waals surface area contributed by atoms with Gasteiger partial charge in [0.1, 0.15) is 12.6 Å². The summed E-state index contributed by atoms with van der Waals surface area (Å²) in [6.07, 6.45) is 2.38. The van der Waals surface area contributed by atoms with Gasteiger partial charge in [-0.05, 0) is 12.0 Å². The first-order chi connectivity index (χ1) is 11.0. The lowest BCUT2D eigenvalue weighted by atomic mass is 10.1. The molecule has 0 aromatic heterocycles. The van der Waals surface area contributed by atoms with Crippen LogP contribution in [0.2, 0.25) is 0 Å². The summed E-state index contributed by atoms with van der Waals surface area (Å²) in [6.45, 7) is 2.06. The van der Waals surface area contributed by atoms with E-state index in [2.05, 4.69) is 5.32 Å². The van der Waals surface area contributed by atoms with E-state index >= 15 is 0 Å². The largest absolute Gasteiger partial charge is 0.481 e. The van der Waals surface area contributed by atoms with Crippen molar-refractivity contribution in [3.63, 3.8) is 0 Å². The Balaban J connectivity index is 2.52. The molecular formula is C17H23NO5. The molecule has 1 aromatic carbocycles. The van der Waals surface area contributed by atoms with Crippen molar-refractivity contribution in [2.45, 2.75) is 51.7 Å². The summed E-state index contributed by atoms with van der Waals surface area (Å²) in [4.78, 5) is 34.7. The van der Waals surface area contributed by atoms with Crippen LogP contribution in [0.5, 0.6) is 0 Å². The fourth-order valence-electron chi connectivity index (χ4n) is 2.00. The maximum Gasteiger partial charge on any atom is 0.329 e. The van der Waals surface area contributed by atoms with Crippen LogP contribution in [0, 0.1) is 0 Å². The molecule has 1 unspecified atom stereocenters. The van der Waals surface area contributed by atoms with Gasteiger partial charge in [-0.3, -0.25) is 9.59 Å². The van der Waals surface area contributed by atoms with Gasteiger partial charge in [0.25, 0.3) is 0 Å². The normalized spacial score (nSPS) is 11.5. The highest BCUT2D eigenvalue weighted by atomic mass is 16.5. The monoisotopic (exact) mass is 321 g/mol. The predicted octanol–water partition coefficient (Wildman–Crippen LogP) is 2.27. The molecule has 6 heteroatoms. The van der Waals surface area contributed by atoms with Crippen LogP contribution in [0.3, 0.4) is 0 Å². The molecule has 0 radical (unpaired) electrons. The summed E-state index contributed by atoms with van der Waals surface area (Å²) in [6, 6.07) is 7.90. The van der Waals surface area contributed by atoms with Crippen LogP contribution in [0.25, 0.3) is 0 Å². The van der Waals surface area contributed by atoms with E-state index in [0.29, 0.717) is 6.42 Å². The number of benzene rings is 1. The van der Waals surface area contributed by atoms with Crippen LogP contribution in [0.15, 0.2) is 30.3 Å². The minimum atomic E-state index is -1.17. The average Bonchev–Trinajstić information content (AvgIpc) is 2.53. The summed E-state index contributed by atoms with van der Waals surface area (Å²) >= 11 is 0.